The molecule has 1 fully saturated rings. The summed E-state index contributed by atoms with van der Waals surface area (Å²) in [5, 5.41) is 6.10. The second-order valence-electron chi connectivity index (χ2n) is 5.10. The van der Waals surface area contributed by atoms with Gasteiger partial charge in [-0.05, 0) is 44.5 Å². The molecule has 1 amide bonds. The molecule has 2 heterocycles. The van der Waals surface area contributed by atoms with E-state index in [1.807, 2.05) is 0 Å². The van der Waals surface area contributed by atoms with Crippen LogP contribution in [0.2, 0.25) is 0 Å². The predicted octanol–water partition coefficient (Wildman–Crippen LogP) is 2.33. The summed E-state index contributed by atoms with van der Waals surface area (Å²) in [7, 11) is 0. The molecule has 0 unspecified atom stereocenters. The molecule has 2 rings (SSSR count). The van der Waals surface area contributed by atoms with Gasteiger partial charge in [-0.2, -0.15) is 0 Å². The summed E-state index contributed by atoms with van der Waals surface area (Å²) in [6.45, 7) is 3.82. The Balaban J connectivity index is 2.09. The minimum Gasteiger partial charge on any atom is -0.317 e. The number of halogens is 1. The zero-order chi connectivity index (χ0) is 13.7. The lowest BCUT2D eigenvalue weighted by atomic mass is 9.74. The Kier molecular flexibility index (Phi) is 4.47. The molecule has 0 spiro atoms. The Hall–Kier alpha value is -1.49. The van der Waals surface area contributed by atoms with Crippen molar-refractivity contribution < 1.29 is 9.18 Å². The van der Waals surface area contributed by atoms with E-state index in [1.54, 1.807) is 0 Å². The third kappa shape index (κ3) is 3.29. The number of rotatable bonds is 4. The van der Waals surface area contributed by atoms with E-state index in [2.05, 4.69) is 22.5 Å². The maximum atomic E-state index is 12.8. The fourth-order valence-electron chi connectivity index (χ4n) is 2.67. The number of nitrogens with zero attached hydrogens (tertiary/aromatic N) is 1. The first-order valence-corrected chi connectivity index (χ1v) is 6.80. The van der Waals surface area contributed by atoms with Gasteiger partial charge in [-0.25, -0.2) is 9.37 Å². The van der Waals surface area contributed by atoms with Crippen LogP contribution in [0.5, 0.6) is 0 Å². The van der Waals surface area contributed by atoms with Crippen molar-refractivity contribution in [1.82, 2.24) is 10.3 Å². The average molecular weight is 265 g/mol. The zero-order valence-electron chi connectivity index (χ0n) is 11.2. The topological polar surface area (TPSA) is 54.0 Å². The summed E-state index contributed by atoms with van der Waals surface area (Å²) in [5.74, 6) is 0.0264. The smallest absolute Gasteiger partial charge is 0.231 e. The molecule has 104 valence electrons. The van der Waals surface area contributed by atoms with Crippen molar-refractivity contribution in [3.05, 3.63) is 24.1 Å². The Bertz CT molecular complexity index is 421. The number of hydrogen-bond donors (Lipinski definition) is 2. The molecule has 0 radical (unpaired) electrons. The van der Waals surface area contributed by atoms with Gasteiger partial charge in [0.2, 0.25) is 5.91 Å². The number of aromatic nitrogens is 1. The Morgan fingerprint density at radius 1 is 1.47 bits per heavy atom. The number of piperidine rings is 1. The van der Waals surface area contributed by atoms with Crippen LogP contribution in [0.3, 0.4) is 0 Å². The lowest BCUT2D eigenvalue weighted by molar-refractivity contribution is -0.127. The third-order valence-corrected chi connectivity index (χ3v) is 3.74. The number of amides is 1. The summed E-state index contributed by atoms with van der Waals surface area (Å²) in [4.78, 5) is 16.4. The van der Waals surface area contributed by atoms with Crippen molar-refractivity contribution in [3.63, 3.8) is 0 Å². The second kappa shape index (κ2) is 6.10. The maximum absolute atomic E-state index is 12.8. The van der Waals surface area contributed by atoms with E-state index in [4.69, 9.17) is 0 Å². The molecule has 1 aliphatic rings. The van der Waals surface area contributed by atoms with Crippen LogP contribution < -0.4 is 10.6 Å². The molecule has 1 aliphatic heterocycles. The summed E-state index contributed by atoms with van der Waals surface area (Å²) in [6.07, 6.45) is 4.65. The summed E-state index contributed by atoms with van der Waals surface area (Å²) >= 11 is 0. The van der Waals surface area contributed by atoms with Crippen LogP contribution in [0.15, 0.2) is 18.3 Å². The third-order valence-electron chi connectivity index (χ3n) is 3.74. The van der Waals surface area contributed by atoms with Crippen LogP contribution in [0, 0.1) is 11.2 Å². The Morgan fingerprint density at radius 3 is 2.79 bits per heavy atom. The normalized spacial score (nSPS) is 18.0. The molecule has 0 aliphatic carbocycles. The molecule has 0 saturated carbocycles. The van der Waals surface area contributed by atoms with Gasteiger partial charge in [0.15, 0.2) is 0 Å². The van der Waals surface area contributed by atoms with Gasteiger partial charge in [0, 0.05) is 0 Å². The quantitative estimate of drug-likeness (QED) is 0.878. The van der Waals surface area contributed by atoms with E-state index >= 15 is 0 Å². The van der Waals surface area contributed by atoms with Gasteiger partial charge in [-0.1, -0.05) is 13.3 Å². The number of pyridine rings is 1. The van der Waals surface area contributed by atoms with E-state index in [-0.39, 0.29) is 11.3 Å². The summed E-state index contributed by atoms with van der Waals surface area (Å²) < 4.78 is 12.8. The van der Waals surface area contributed by atoms with Crippen molar-refractivity contribution in [1.29, 1.82) is 0 Å². The first-order chi connectivity index (χ1) is 9.16. The van der Waals surface area contributed by atoms with Gasteiger partial charge >= 0.3 is 0 Å². The standard InChI is InChI=1S/C14H20FN3O/c1-2-5-14(6-8-16-9-7-14)13(19)18-12-4-3-11(15)10-17-12/h3-4,10,16H,2,5-9H2,1H3,(H,17,18,19). The van der Waals surface area contributed by atoms with Crippen LogP contribution in [0.1, 0.15) is 32.6 Å². The number of hydrogen-bond acceptors (Lipinski definition) is 3. The molecule has 1 aromatic heterocycles. The fraction of sp³-hybridized carbons (Fsp3) is 0.571. The van der Waals surface area contributed by atoms with Gasteiger partial charge in [0.25, 0.3) is 0 Å². The van der Waals surface area contributed by atoms with E-state index < -0.39 is 5.82 Å². The first kappa shape index (κ1) is 13.9. The molecule has 1 saturated heterocycles. The highest BCUT2D eigenvalue weighted by atomic mass is 19.1. The highest BCUT2D eigenvalue weighted by Gasteiger charge is 2.38. The molecule has 19 heavy (non-hydrogen) atoms. The first-order valence-electron chi connectivity index (χ1n) is 6.80. The van der Waals surface area contributed by atoms with Crippen LogP contribution in [0.4, 0.5) is 10.2 Å². The SMILES string of the molecule is CCCC1(C(=O)Nc2ccc(F)cn2)CCNCC1. The van der Waals surface area contributed by atoms with Gasteiger partial charge in [0.1, 0.15) is 11.6 Å². The van der Waals surface area contributed by atoms with Gasteiger partial charge in [-0.3, -0.25) is 4.79 Å². The van der Waals surface area contributed by atoms with E-state index in [1.165, 1.54) is 12.1 Å². The highest BCUT2D eigenvalue weighted by Crippen LogP contribution is 2.35. The minimum absolute atomic E-state index is 0.00922. The maximum Gasteiger partial charge on any atom is 0.231 e. The van der Waals surface area contributed by atoms with Crippen molar-refractivity contribution in [2.24, 2.45) is 5.41 Å². The monoisotopic (exact) mass is 265 g/mol. The predicted molar refractivity (Wildman–Crippen MR) is 72.3 cm³/mol. The molecular weight excluding hydrogens is 245 g/mol. The molecule has 1 aromatic rings. The van der Waals surface area contributed by atoms with E-state index in [9.17, 15) is 9.18 Å². The Morgan fingerprint density at radius 2 is 2.21 bits per heavy atom. The van der Waals surface area contributed by atoms with Crippen LogP contribution in [-0.4, -0.2) is 24.0 Å². The fourth-order valence-corrected chi connectivity index (χ4v) is 2.67. The summed E-state index contributed by atoms with van der Waals surface area (Å²) in [6, 6.07) is 2.80. The van der Waals surface area contributed by atoms with Gasteiger partial charge in [-0.15, -0.1) is 0 Å². The molecule has 5 heteroatoms. The van der Waals surface area contributed by atoms with E-state index in [0.29, 0.717) is 5.82 Å². The van der Waals surface area contributed by atoms with Crippen molar-refractivity contribution in [2.45, 2.75) is 32.6 Å². The highest BCUT2D eigenvalue weighted by molar-refractivity contribution is 5.94. The minimum atomic E-state index is -0.400. The van der Waals surface area contributed by atoms with Gasteiger partial charge < -0.3 is 10.6 Å². The largest absolute Gasteiger partial charge is 0.317 e. The summed E-state index contributed by atoms with van der Waals surface area (Å²) in [5.41, 5.74) is -0.309. The van der Waals surface area contributed by atoms with Crippen LogP contribution in [-0.2, 0) is 4.79 Å². The van der Waals surface area contributed by atoms with Crippen molar-refractivity contribution in [2.75, 3.05) is 18.4 Å². The number of carbonyl (C=O) groups excluding carboxylic acids is 1. The zero-order valence-corrected chi connectivity index (χ0v) is 11.2. The molecule has 4 nitrogen and oxygen atoms in total. The van der Waals surface area contributed by atoms with Gasteiger partial charge in [0.05, 0.1) is 11.6 Å². The Labute approximate surface area is 112 Å². The van der Waals surface area contributed by atoms with Crippen LogP contribution in [0.25, 0.3) is 0 Å². The molecule has 0 aromatic carbocycles. The van der Waals surface area contributed by atoms with Crippen molar-refractivity contribution in [3.8, 4) is 0 Å². The number of anilines is 1. The average Bonchev–Trinajstić information content (AvgIpc) is 2.43. The molecular formula is C14H20FN3O. The lowest BCUT2D eigenvalue weighted by Crippen LogP contribution is -2.45. The number of carbonyl (C=O) groups is 1. The lowest BCUT2D eigenvalue weighted by Gasteiger charge is -2.36. The molecule has 0 bridgehead atoms. The number of nitrogens with one attached hydrogen (secondary N) is 2. The van der Waals surface area contributed by atoms with Crippen molar-refractivity contribution >= 4 is 11.7 Å². The van der Waals surface area contributed by atoms with Crippen LogP contribution >= 0.6 is 0 Å². The van der Waals surface area contributed by atoms with E-state index in [0.717, 1.165) is 45.0 Å². The second-order valence-corrected chi connectivity index (χ2v) is 5.10. The molecule has 0 atom stereocenters. The molecule has 2 N–H and O–H groups in total.